The van der Waals surface area contributed by atoms with E-state index in [9.17, 15) is 14.4 Å². The smallest absolute Gasteiger partial charge is 0.407 e. The molecule has 0 bridgehead atoms. The van der Waals surface area contributed by atoms with Crippen LogP contribution < -0.4 is 10.6 Å². The van der Waals surface area contributed by atoms with E-state index < -0.39 is 18.1 Å². The maximum absolute atomic E-state index is 12.6. The van der Waals surface area contributed by atoms with Crippen LogP contribution in [0.1, 0.15) is 44.2 Å². The summed E-state index contributed by atoms with van der Waals surface area (Å²) in [5.74, 6) is -1.33. The summed E-state index contributed by atoms with van der Waals surface area (Å²) in [6.45, 7) is 5.59. The Kier molecular flexibility index (Phi) is 7.87. The second-order valence-corrected chi connectivity index (χ2v) is 8.59. The predicted octanol–water partition coefficient (Wildman–Crippen LogP) is 4.09. The van der Waals surface area contributed by atoms with Gasteiger partial charge in [0.1, 0.15) is 12.6 Å². The third kappa shape index (κ3) is 6.00. The molecular formula is C26H30N2O5. The minimum absolute atomic E-state index is 0.0651. The number of amides is 2. The van der Waals surface area contributed by atoms with Gasteiger partial charge in [0.2, 0.25) is 5.91 Å². The summed E-state index contributed by atoms with van der Waals surface area (Å²) in [5, 5.41) is 14.2. The van der Waals surface area contributed by atoms with Crippen LogP contribution in [0.2, 0.25) is 0 Å². The molecule has 33 heavy (non-hydrogen) atoms. The van der Waals surface area contributed by atoms with Crippen LogP contribution in [0.5, 0.6) is 0 Å². The highest BCUT2D eigenvalue weighted by molar-refractivity contribution is 5.87. The molecule has 2 amide bonds. The van der Waals surface area contributed by atoms with Gasteiger partial charge in [-0.15, -0.1) is 0 Å². The van der Waals surface area contributed by atoms with E-state index in [0.29, 0.717) is 6.42 Å². The Labute approximate surface area is 193 Å². The van der Waals surface area contributed by atoms with E-state index in [-0.39, 0.29) is 36.5 Å². The molecule has 0 heterocycles. The largest absolute Gasteiger partial charge is 0.478 e. The Hall–Kier alpha value is -3.61. The van der Waals surface area contributed by atoms with Crippen molar-refractivity contribution in [3.63, 3.8) is 0 Å². The average Bonchev–Trinajstić information content (AvgIpc) is 3.10. The number of hydrogen-bond donors (Lipinski definition) is 3. The zero-order chi connectivity index (χ0) is 24.0. The van der Waals surface area contributed by atoms with Crippen molar-refractivity contribution in [1.29, 1.82) is 0 Å². The number of fused-ring (bicyclic) bond motifs is 3. The molecule has 2 aromatic rings. The van der Waals surface area contributed by atoms with E-state index >= 15 is 0 Å². The molecule has 0 unspecified atom stereocenters. The lowest BCUT2D eigenvalue weighted by atomic mass is 9.98. The summed E-state index contributed by atoms with van der Waals surface area (Å²) in [6, 6.07) is 15.4. The van der Waals surface area contributed by atoms with Gasteiger partial charge in [-0.3, -0.25) is 4.79 Å². The van der Waals surface area contributed by atoms with Crippen molar-refractivity contribution in [2.24, 2.45) is 5.92 Å². The lowest BCUT2D eigenvalue weighted by Gasteiger charge is -2.21. The zero-order valence-electron chi connectivity index (χ0n) is 19.1. The van der Waals surface area contributed by atoms with Crippen LogP contribution in [0.15, 0.2) is 60.2 Å². The Morgan fingerprint density at radius 2 is 1.61 bits per heavy atom. The van der Waals surface area contributed by atoms with Gasteiger partial charge in [0.25, 0.3) is 0 Å². The van der Waals surface area contributed by atoms with Gasteiger partial charge in [0, 0.05) is 18.0 Å². The number of benzene rings is 2. The Morgan fingerprint density at radius 3 is 2.15 bits per heavy atom. The van der Waals surface area contributed by atoms with Gasteiger partial charge in [-0.2, -0.15) is 0 Å². The maximum Gasteiger partial charge on any atom is 0.407 e. The number of rotatable bonds is 9. The van der Waals surface area contributed by atoms with Gasteiger partial charge in [0.05, 0.1) is 0 Å². The van der Waals surface area contributed by atoms with Crippen LogP contribution in [0.25, 0.3) is 11.1 Å². The number of carbonyl (C=O) groups is 3. The molecule has 0 fully saturated rings. The fraction of sp³-hybridized carbons (Fsp3) is 0.346. The normalized spacial score (nSPS) is 13.8. The van der Waals surface area contributed by atoms with Crippen molar-refractivity contribution in [2.45, 2.75) is 39.2 Å². The summed E-state index contributed by atoms with van der Waals surface area (Å²) in [6.07, 6.45) is 1.19. The third-order valence-corrected chi connectivity index (χ3v) is 5.68. The zero-order valence-corrected chi connectivity index (χ0v) is 19.1. The highest BCUT2D eigenvalue weighted by Crippen LogP contribution is 2.44. The van der Waals surface area contributed by atoms with E-state index in [4.69, 9.17) is 9.84 Å². The SMILES string of the molecule is C/C(=C/CNC(=O)[C@@H](CC(C)C)NC(=O)OCC1c2ccccc2-c2ccccc21)C(=O)O. The quantitative estimate of drug-likeness (QED) is 0.499. The van der Waals surface area contributed by atoms with Crippen molar-refractivity contribution in [1.82, 2.24) is 10.6 Å². The molecule has 1 aliphatic carbocycles. The molecule has 0 saturated carbocycles. The van der Waals surface area contributed by atoms with Gasteiger partial charge in [-0.05, 0) is 41.5 Å². The molecule has 0 aromatic heterocycles. The monoisotopic (exact) mass is 450 g/mol. The first-order valence-corrected chi connectivity index (χ1v) is 11.1. The van der Waals surface area contributed by atoms with Gasteiger partial charge in [0.15, 0.2) is 0 Å². The molecule has 1 atom stereocenters. The Morgan fingerprint density at radius 1 is 1.03 bits per heavy atom. The van der Waals surface area contributed by atoms with Crippen molar-refractivity contribution in [2.75, 3.05) is 13.2 Å². The Bertz CT molecular complexity index is 1010. The van der Waals surface area contributed by atoms with Gasteiger partial charge in [-0.25, -0.2) is 9.59 Å². The fourth-order valence-electron chi connectivity index (χ4n) is 4.00. The first-order valence-electron chi connectivity index (χ1n) is 11.1. The number of hydrogen-bond acceptors (Lipinski definition) is 4. The molecule has 3 rings (SSSR count). The fourth-order valence-corrected chi connectivity index (χ4v) is 4.00. The van der Waals surface area contributed by atoms with Crippen LogP contribution in [-0.4, -0.2) is 42.3 Å². The van der Waals surface area contributed by atoms with Crippen molar-refractivity contribution in [3.8, 4) is 11.1 Å². The molecular weight excluding hydrogens is 420 g/mol. The molecule has 174 valence electrons. The minimum Gasteiger partial charge on any atom is -0.478 e. The summed E-state index contributed by atoms with van der Waals surface area (Å²) in [7, 11) is 0. The first-order chi connectivity index (χ1) is 15.8. The van der Waals surface area contributed by atoms with E-state index in [1.807, 2.05) is 50.2 Å². The highest BCUT2D eigenvalue weighted by Gasteiger charge is 2.29. The van der Waals surface area contributed by atoms with Crippen LogP contribution in [0.4, 0.5) is 4.79 Å². The van der Waals surface area contributed by atoms with Crippen LogP contribution in [-0.2, 0) is 14.3 Å². The summed E-state index contributed by atoms with van der Waals surface area (Å²) < 4.78 is 5.56. The average molecular weight is 451 g/mol. The van der Waals surface area contributed by atoms with Crippen LogP contribution in [0.3, 0.4) is 0 Å². The molecule has 7 heteroatoms. The lowest BCUT2D eigenvalue weighted by Crippen LogP contribution is -2.47. The summed E-state index contributed by atoms with van der Waals surface area (Å²) >= 11 is 0. The first kappa shape index (κ1) is 24.0. The number of alkyl carbamates (subject to hydrolysis) is 1. The standard InChI is InChI=1S/C26H30N2O5/c1-16(2)14-23(24(29)27-13-12-17(3)25(30)31)28-26(32)33-15-22-20-10-6-4-8-18(20)19-9-5-7-11-21(19)22/h4-12,16,22-23H,13-15H2,1-3H3,(H,27,29)(H,28,32)(H,30,31)/b17-12-/t23-/m1/s1. The number of nitrogens with one attached hydrogen (secondary N) is 2. The number of aliphatic carboxylic acids is 1. The van der Waals surface area contributed by atoms with E-state index in [1.54, 1.807) is 0 Å². The van der Waals surface area contributed by atoms with Crippen LogP contribution >= 0.6 is 0 Å². The van der Waals surface area contributed by atoms with Gasteiger partial charge in [-0.1, -0.05) is 68.5 Å². The van der Waals surface area contributed by atoms with Gasteiger partial charge >= 0.3 is 12.1 Å². The molecule has 0 spiro atoms. The topological polar surface area (TPSA) is 105 Å². The van der Waals surface area contributed by atoms with Crippen molar-refractivity contribution in [3.05, 3.63) is 71.3 Å². The molecule has 2 aromatic carbocycles. The lowest BCUT2D eigenvalue weighted by molar-refractivity contribution is -0.132. The number of carbonyl (C=O) groups excluding carboxylic acids is 2. The summed E-state index contributed by atoms with van der Waals surface area (Å²) in [4.78, 5) is 36.1. The molecule has 0 radical (unpaired) electrons. The second-order valence-electron chi connectivity index (χ2n) is 8.59. The van der Waals surface area contributed by atoms with Crippen molar-refractivity contribution >= 4 is 18.0 Å². The van der Waals surface area contributed by atoms with Crippen molar-refractivity contribution < 1.29 is 24.2 Å². The molecule has 1 aliphatic rings. The second kappa shape index (κ2) is 10.8. The number of ether oxygens (including phenoxy) is 1. The van der Waals surface area contributed by atoms with E-state index in [2.05, 4.69) is 22.8 Å². The van der Waals surface area contributed by atoms with E-state index in [0.717, 1.165) is 22.3 Å². The predicted molar refractivity (Wildman–Crippen MR) is 126 cm³/mol. The summed E-state index contributed by atoms with van der Waals surface area (Å²) in [5.41, 5.74) is 4.65. The molecule has 7 nitrogen and oxygen atoms in total. The third-order valence-electron chi connectivity index (χ3n) is 5.68. The maximum atomic E-state index is 12.6. The molecule has 0 saturated heterocycles. The molecule has 3 N–H and O–H groups in total. The Balaban J connectivity index is 1.62. The minimum atomic E-state index is -1.04. The highest BCUT2D eigenvalue weighted by atomic mass is 16.5. The molecule has 0 aliphatic heterocycles. The van der Waals surface area contributed by atoms with Crippen LogP contribution in [0, 0.1) is 5.92 Å². The number of carboxylic acids is 1. The number of carboxylic acid groups (broad SMARTS) is 1. The van der Waals surface area contributed by atoms with E-state index in [1.165, 1.54) is 13.0 Å². The van der Waals surface area contributed by atoms with Gasteiger partial charge < -0.3 is 20.5 Å².